The fraction of sp³-hybridized carbons (Fsp3) is 0.600. The monoisotopic (exact) mass is 267 g/mol. The molecule has 0 aliphatic heterocycles. The van der Waals surface area contributed by atoms with Gasteiger partial charge in [-0.3, -0.25) is 4.90 Å². The van der Waals surface area contributed by atoms with E-state index in [9.17, 15) is 0 Å². The molecule has 0 aliphatic rings. The topological polar surface area (TPSA) is 41.9 Å². The van der Waals surface area contributed by atoms with Crippen molar-refractivity contribution in [3.63, 3.8) is 0 Å². The van der Waals surface area contributed by atoms with Crippen LogP contribution < -0.4 is 9.47 Å². The first-order valence-corrected chi connectivity index (χ1v) is 6.78. The van der Waals surface area contributed by atoms with Crippen LogP contribution in [0.3, 0.4) is 0 Å². The Morgan fingerprint density at radius 1 is 1.32 bits per heavy atom. The zero-order valence-corrected chi connectivity index (χ0v) is 12.3. The maximum atomic E-state index is 9.06. The van der Waals surface area contributed by atoms with Crippen LogP contribution in [0.1, 0.15) is 26.3 Å². The maximum absolute atomic E-state index is 9.06. The molecule has 0 amide bonds. The average molecular weight is 267 g/mol. The molecule has 1 N–H and O–H groups in total. The first kappa shape index (κ1) is 15.8. The zero-order valence-electron chi connectivity index (χ0n) is 12.3. The van der Waals surface area contributed by atoms with Gasteiger partial charge in [0.25, 0.3) is 0 Å². The molecule has 108 valence electrons. The highest BCUT2D eigenvalue weighted by molar-refractivity contribution is 5.46. The van der Waals surface area contributed by atoms with Crippen molar-refractivity contribution >= 4 is 0 Å². The first-order chi connectivity index (χ1) is 9.12. The number of aliphatic hydroxyl groups excluding tert-OH is 1. The van der Waals surface area contributed by atoms with Crippen LogP contribution in [0.4, 0.5) is 0 Å². The normalized spacial score (nSPS) is 11.1. The minimum Gasteiger partial charge on any atom is -0.493 e. The molecule has 0 saturated carbocycles. The Morgan fingerprint density at radius 3 is 2.58 bits per heavy atom. The minimum absolute atomic E-state index is 0.1000. The molecule has 1 rings (SSSR count). The second-order valence-corrected chi connectivity index (χ2v) is 4.71. The van der Waals surface area contributed by atoms with Crippen molar-refractivity contribution in [2.75, 3.05) is 26.8 Å². The van der Waals surface area contributed by atoms with Crippen molar-refractivity contribution < 1.29 is 14.6 Å². The number of likely N-dealkylation sites (N-methyl/N-ethyl adjacent to an activating group) is 1. The van der Waals surface area contributed by atoms with Gasteiger partial charge in [-0.25, -0.2) is 0 Å². The van der Waals surface area contributed by atoms with E-state index in [4.69, 9.17) is 14.6 Å². The van der Waals surface area contributed by atoms with Crippen molar-refractivity contribution in [3.05, 3.63) is 23.8 Å². The fourth-order valence-electron chi connectivity index (χ4n) is 1.95. The third kappa shape index (κ3) is 4.73. The van der Waals surface area contributed by atoms with Gasteiger partial charge in [-0.05, 0) is 26.5 Å². The molecule has 0 saturated heterocycles. The lowest BCUT2D eigenvalue weighted by Crippen LogP contribution is -2.26. The smallest absolute Gasteiger partial charge is 0.166 e. The number of rotatable bonds is 8. The molecule has 4 nitrogen and oxygen atoms in total. The van der Waals surface area contributed by atoms with E-state index in [0.29, 0.717) is 6.54 Å². The largest absolute Gasteiger partial charge is 0.493 e. The van der Waals surface area contributed by atoms with Crippen LogP contribution in [0.2, 0.25) is 0 Å². The van der Waals surface area contributed by atoms with Gasteiger partial charge in [-0.15, -0.1) is 0 Å². The molecule has 1 aromatic carbocycles. The third-order valence-corrected chi connectivity index (χ3v) is 2.89. The quantitative estimate of drug-likeness (QED) is 0.784. The SMILES string of the molecule is CCN(CCO)Cc1cccc(OC)c1OC(C)C. The van der Waals surface area contributed by atoms with Crippen LogP contribution in [0.15, 0.2) is 18.2 Å². The standard InChI is InChI=1S/C15H25NO3/c1-5-16(9-10-17)11-13-7-6-8-14(18-4)15(13)19-12(2)3/h6-8,12,17H,5,9-11H2,1-4H3. The number of para-hydroxylation sites is 1. The highest BCUT2D eigenvalue weighted by atomic mass is 16.5. The van der Waals surface area contributed by atoms with Crippen molar-refractivity contribution in [1.29, 1.82) is 0 Å². The molecule has 4 heteroatoms. The molecule has 1 aromatic rings. The van der Waals surface area contributed by atoms with Crippen LogP contribution in [0.5, 0.6) is 11.5 Å². The summed E-state index contributed by atoms with van der Waals surface area (Å²) in [5, 5.41) is 9.06. The second kappa shape index (κ2) is 8.02. The van der Waals surface area contributed by atoms with Gasteiger partial charge in [0.1, 0.15) is 0 Å². The summed E-state index contributed by atoms with van der Waals surface area (Å²) in [6, 6.07) is 5.91. The number of nitrogens with zero attached hydrogens (tertiary/aromatic N) is 1. The Morgan fingerprint density at radius 2 is 2.05 bits per heavy atom. The van der Waals surface area contributed by atoms with E-state index in [2.05, 4.69) is 11.8 Å². The van der Waals surface area contributed by atoms with E-state index >= 15 is 0 Å². The molecule has 0 unspecified atom stereocenters. The lowest BCUT2D eigenvalue weighted by molar-refractivity contribution is 0.189. The van der Waals surface area contributed by atoms with Crippen LogP contribution in [0, 0.1) is 0 Å². The van der Waals surface area contributed by atoms with E-state index in [1.807, 2.05) is 32.0 Å². The van der Waals surface area contributed by atoms with E-state index < -0.39 is 0 Å². The van der Waals surface area contributed by atoms with Crippen LogP contribution in [-0.2, 0) is 6.54 Å². The number of ether oxygens (including phenoxy) is 2. The average Bonchev–Trinajstić information content (AvgIpc) is 2.39. The van der Waals surface area contributed by atoms with Gasteiger partial charge in [0.05, 0.1) is 19.8 Å². The zero-order chi connectivity index (χ0) is 14.3. The molecule has 0 radical (unpaired) electrons. The molecule has 0 heterocycles. The summed E-state index contributed by atoms with van der Waals surface area (Å²) in [5.41, 5.74) is 1.09. The predicted molar refractivity (Wildman–Crippen MR) is 76.8 cm³/mol. The Balaban J connectivity index is 2.97. The van der Waals surface area contributed by atoms with Gasteiger partial charge in [-0.1, -0.05) is 19.1 Å². The summed E-state index contributed by atoms with van der Waals surface area (Å²) < 4.78 is 11.2. The lowest BCUT2D eigenvalue weighted by atomic mass is 10.1. The van der Waals surface area contributed by atoms with Crippen LogP contribution in [0.25, 0.3) is 0 Å². The molecular weight excluding hydrogens is 242 g/mol. The molecule has 0 atom stereocenters. The van der Waals surface area contributed by atoms with E-state index in [-0.39, 0.29) is 12.7 Å². The van der Waals surface area contributed by atoms with Gasteiger partial charge >= 0.3 is 0 Å². The van der Waals surface area contributed by atoms with Crippen LogP contribution >= 0.6 is 0 Å². The summed E-state index contributed by atoms with van der Waals surface area (Å²) in [4.78, 5) is 2.17. The van der Waals surface area contributed by atoms with Gasteiger partial charge in [0.2, 0.25) is 0 Å². The van der Waals surface area contributed by atoms with Gasteiger partial charge in [0, 0.05) is 18.7 Å². The van der Waals surface area contributed by atoms with E-state index in [0.717, 1.165) is 30.2 Å². The summed E-state index contributed by atoms with van der Waals surface area (Å²) >= 11 is 0. The minimum atomic E-state index is 0.1000. The third-order valence-electron chi connectivity index (χ3n) is 2.89. The molecular formula is C15H25NO3. The highest BCUT2D eigenvalue weighted by Gasteiger charge is 2.14. The molecule has 0 fully saturated rings. The number of hydrogen-bond acceptors (Lipinski definition) is 4. The number of methoxy groups -OCH3 is 1. The molecule has 0 bridgehead atoms. The van der Waals surface area contributed by atoms with E-state index in [1.165, 1.54) is 0 Å². The summed E-state index contributed by atoms with van der Waals surface area (Å²) in [6.07, 6.45) is 0.1000. The molecule has 0 aliphatic carbocycles. The summed E-state index contributed by atoms with van der Waals surface area (Å²) in [5.74, 6) is 1.56. The van der Waals surface area contributed by atoms with Gasteiger partial charge in [-0.2, -0.15) is 0 Å². The summed E-state index contributed by atoms with van der Waals surface area (Å²) in [7, 11) is 1.65. The van der Waals surface area contributed by atoms with Gasteiger partial charge in [0.15, 0.2) is 11.5 Å². The van der Waals surface area contributed by atoms with Crippen molar-refractivity contribution in [1.82, 2.24) is 4.90 Å². The maximum Gasteiger partial charge on any atom is 0.166 e. The van der Waals surface area contributed by atoms with Gasteiger partial charge < -0.3 is 14.6 Å². The number of aliphatic hydroxyl groups is 1. The number of benzene rings is 1. The Kier molecular flexibility index (Phi) is 6.67. The Labute approximate surface area is 115 Å². The lowest BCUT2D eigenvalue weighted by Gasteiger charge is -2.23. The Bertz CT molecular complexity index is 380. The van der Waals surface area contributed by atoms with Crippen molar-refractivity contribution in [3.8, 4) is 11.5 Å². The molecule has 19 heavy (non-hydrogen) atoms. The van der Waals surface area contributed by atoms with Crippen molar-refractivity contribution in [2.24, 2.45) is 0 Å². The summed E-state index contributed by atoms with van der Waals surface area (Å²) in [6.45, 7) is 8.55. The van der Waals surface area contributed by atoms with E-state index in [1.54, 1.807) is 7.11 Å². The first-order valence-electron chi connectivity index (χ1n) is 6.78. The predicted octanol–water partition coefficient (Wildman–Crippen LogP) is 2.30. The number of hydrogen-bond donors (Lipinski definition) is 1. The molecule has 0 aromatic heterocycles. The molecule has 0 spiro atoms. The van der Waals surface area contributed by atoms with Crippen molar-refractivity contribution in [2.45, 2.75) is 33.4 Å². The Hall–Kier alpha value is -1.26. The highest BCUT2D eigenvalue weighted by Crippen LogP contribution is 2.32. The van der Waals surface area contributed by atoms with Crippen LogP contribution in [-0.4, -0.2) is 42.9 Å². The fourth-order valence-corrected chi connectivity index (χ4v) is 1.95. The second-order valence-electron chi connectivity index (χ2n) is 4.71.